The van der Waals surface area contributed by atoms with Crippen molar-refractivity contribution in [2.24, 2.45) is 10.8 Å². The fourth-order valence-electron chi connectivity index (χ4n) is 6.40. The van der Waals surface area contributed by atoms with E-state index in [1.165, 1.54) is 12.1 Å². The van der Waals surface area contributed by atoms with Crippen molar-refractivity contribution in [2.45, 2.75) is 59.9 Å². The van der Waals surface area contributed by atoms with Crippen molar-refractivity contribution in [1.82, 2.24) is 14.7 Å². The maximum absolute atomic E-state index is 14.1. The third-order valence-electron chi connectivity index (χ3n) is 7.57. The van der Waals surface area contributed by atoms with Gasteiger partial charge in [-0.15, -0.1) is 0 Å². The molecule has 1 saturated carbocycles. The highest BCUT2D eigenvalue weighted by molar-refractivity contribution is 5.95. The Balaban J connectivity index is 1.60. The number of amides is 1. The number of carbonyl (C=O) groups excluding carboxylic acids is 1. The summed E-state index contributed by atoms with van der Waals surface area (Å²) in [6.07, 6.45) is 3.15. The van der Waals surface area contributed by atoms with E-state index < -0.39 is 4.92 Å². The Morgan fingerprint density at radius 3 is 2.46 bits per heavy atom. The Kier molecular flexibility index (Phi) is 5.34. The van der Waals surface area contributed by atoms with Gasteiger partial charge in [0.25, 0.3) is 11.6 Å². The molecule has 2 aromatic carbocycles. The average Bonchev–Trinajstić information content (AvgIpc) is 3.33. The molecule has 0 N–H and O–H groups in total. The van der Waals surface area contributed by atoms with Crippen LogP contribution in [0, 0.1) is 34.8 Å². The molecule has 0 radical (unpaired) electrons. The topological polar surface area (TPSA) is 81.3 Å². The van der Waals surface area contributed by atoms with Gasteiger partial charge in [-0.3, -0.25) is 14.9 Å². The molecule has 5 rings (SSSR count). The molecule has 2 atom stereocenters. The van der Waals surface area contributed by atoms with E-state index >= 15 is 0 Å². The molecule has 2 unspecified atom stereocenters. The summed E-state index contributed by atoms with van der Waals surface area (Å²) in [6.45, 7) is 11.7. The predicted molar refractivity (Wildman–Crippen MR) is 136 cm³/mol. The highest BCUT2D eigenvalue weighted by Crippen LogP contribution is 2.52. The van der Waals surface area contributed by atoms with Crippen LogP contribution >= 0.6 is 0 Å². The van der Waals surface area contributed by atoms with Gasteiger partial charge in [-0.2, -0.15) is 5.10 Å². The number of hydrogen-bond acceptors (Lipinski definition) is 4. The summed E-state index contributed by atoms with van der Waals surface area (Å²) in [5, 5.41) is 15.9. The van der Waals surface area contributed by atoms with Gasteiger partial charge in [0, 0.05) is 30.3 Å². The van der Waals surface area contributed by atoms with E-state index in [0.717, 1.165) is 48.2 Å². The molecule has 1 aromatic heterocycles. The maximum Gasteiger partial charge on any atom is 0.272 e. The van der Waals surface area contributed by atoms with Crippen LogP contribution < -0.4 is 0 Å². The largest absolute Gasteiger partial charge is 0.334 e. The molecule has 3 aromatic rings. The van der Waals surface area contributed by atoms with Crippen molar-refractivity contribution < 1.29 is 9.72 Å². The molecule has 1 amide bonds. The highest BCUT2D eigenvalue weighted by Gasteiger charge is 2.51. The minimum Gasteiger partial charge on any atom is -0.334 e. The molecule has 7 nitrogen and oxygen atoms in total. The minimum atomic E-state index is -0.416. The predicted octanol–water partition coefficient (Wildman–Crippen LogP) is 6.11. The summed E-state index contributed by atoms with van der Waals surface area (Å²) in [7, 11) is 0. The molecule has 1 saturated heterocycles. The SMILES string of the molecule is Cc1ccc(C)c(-n2nc(-c3ccc([N+](=O)[O-])cc3)cc2C(=O)N2CC3(C)CC2CC(C)(C)C3)c1. The number of fused-ring (bicyclic) bond motifs is 2. The fourth-order valence-corrected chi connectivity index (χ4v) is 6.40. The lowest BCUT2D eigenvalue weighted by Gasteiger charge is -2.39. The molecule has 1 aliphatic heterocycles. The zero-order chi connectivity index (χ0) is 25.1. The van der Waals surface area contributed by atoms with Crippen LogP contribution in [-0.2, 0) is 0 Å². The van der Waals surface area contributed by atoms with Gasteiger partial charge in [-0.25, -0.2) is 4.68 Å². The van der Waals surface area contributed by atoms with Crippen LogP contribution in [0.5, 0.6) is 0 Å². The lowest BCUT2D eigenvalue weighted by molar-refractivity contribution is -0.384. The number of nitrogens with zero attached hydrogens (tertiary/aromatic N) is 4. The number of rotatable bonds is 4. The van der Waals surface area contributed by atoms with Gasteiger partial charge < -0.3 is 4.90 Å². The molecule has 7 heteroatoms. The van der Waals surface area contributed by atoms with Gasteiger partial charge in [0.1, 0.15) is 5.69 Å². The van der Waals surface area contributed by atoms with E-state index in [-0.39, 0.29) is 28.5 Å². The van der Waals surface area contributed by atoms with Crippen LogP contribution in [0.3, 0.4) is 0 Å². The van der Waals surface area contributed by atoms with Crippen LogP contribution in [0.2, 0.25) is 0 Å². The summed E-state index contributed by atoms with van der Waals surface area (Å²) < 4.78 is 1.76. The maximum atomic E-state index is 14.1. The summed E-state index contributed by atoms with van der Waals surface area (Å²) in [5.41, 5.74) is 5.24. The van der Waals surface area contributed by atoms with E-state index in [9.17, 15) is 14.9 Å². The van der Waals surface area contributed by atoms with Gasteiger partial charge in [0.2, 0.25) is 0 Å². The number of nitro benzene ring substituents is 1. The number of hydrogen-bond donors (Lipinski definition) is 0. The number of likely N-dealkylation sites (tertiary alicyclic amines) is 1. The first-order valence-corrected chi connectivity index (χ1v) is 12.2. The van der Waals surface area contributed by atoms with Crippen molar-refractivity contribution in [3.05, 3.63) is 75.5 Å². The lowest BCUT2D eigenvalue weighted by atomic mass is 9.65. The Labute approximate surface area is 205 Å². The van der Waals surface area contributed by atoms with Gasteiger partial charge in [0.15, 0.2) is 0 Å². The van der Waals surface area contributed by atoms with Crippen LogP contribution in [0.25, 0.3) is 16.9 Å². The quantitative estimate of drug-likeness (QED) is 0.339. The van der Waals surface area contributed by atoms with Crippen molar-refractivity contribution in [3.63, 3.8) is 0 Å². The fraction of sp³-hybridized carbons (Fsp3) is 0.429. The zero-order valence-electron chi connectivity index (χ0n) is 21.0. The van der Waals surface area contributed by atoms with E-state index in [4.69, 9.17) is 5.10 Å². The first kappa shape index (κ1) is 23.3. The van der Waals surface area contributed by atoms with Gasteiger partial charge in [-0.05, 0) is 79.3 Å². The molecule has 2 fully saturated rings. The molecule has 2 aliphatic rings. The third kappa shape index (κ3) is 4.24. The summed E-state index contributed by atoms with van der Waals surface area (Å²) in [5.74, 6) is -0.00186. The van der Waals surface area contributed by atoms with Crippen molar-refractivity contribution in [1.29, 1.82) is 0 Å². The average molecular weight is 473 g/mol. The van der Waals surface area contributed by atoms with Crippen molar-refractivity contribution in [3.8, 4) is 16.9 Å². The Hall–Kier alpha value is -3.48. The molecule has 0 spiro atoms. The number of aromatic nitrogens is 2. The van der Waals surface area contributed by atoms with E-state index in [1.54, 1.807) is 16.8 Å². The van der Waals surface area contributed by atoms with Gasteiger partial charge in [-0.1, -0.05) is 32.9 Å². The van der Waals surface area contributed by atoms with Gasteiger partial charge >= 0.3 is 0 Å². The van der Waals surface area contributed by atoms with Gasteiger partial charge in [0.05, 0.1) is 16.3 Å². The minimum absolute atomic E-state index is 0.00186. The molecule has 2 heterocycles. The second-order valence-electron chi connectivity index (χ2n) is 11.6. The van der Waals surface area contributed by atoms with Crippen molar-refractivity contribution in [2.75, 3.05) is 6.54 Å². The monoisotopic (exact) mass is 472 g/mol. The first-order chi connectivity index (χ1) is 16.4. The molecular formula is C28H32N4O3. The number of aryl methyl sites for hydroxylation is 2. The second kappa shape index (κ2) is 8.04. The lowest BCUT2D eigenvalue weighted by Crippen LogP contribution is -2.38. The first-order valence-electron chi connectivity index (χ1n) is 12.2. The molecular weight excluding hydrogens is 440 g/mol. The number of benzene rings is 2. The zero-order valence-corrected chi connectivity index (χ0v) is 21.0. The van der Waals surface area contributed by atoms with Crippen LogP contribution in [0.1, 0.15) is 61.6 Å². The molecule has 1 aliphatic carbocycles. The third-order valence-corrected chi connectivity index (χ3v) is 7.57. The highest BCUT2D eigenvalue weighted by atomic mass is 16.6. The number of carbonyl (C=O) groups is 1. The van der Waals surface area contributed by atoms with Crippen LogP contribution in [-0.4, -0.2) is 38.1 Å². The number of nitro groups is 1. The smallest absolute Gasteiger partial charge is 0.272 e. The molecule has 182 valence electrons. The van der Waals surface area contributed by atoms with Crippen LogP contribution in [0.4, 0.5) is 5.69 Å². The standard InChI is InChI=1S/C28H32N4O3/c1-18-6-7-19(2)24(12-18)31-25(13-23(29-31)20-8-10-21(11-9-20)32(34)35)26(33)30-17-28(5)15-22(30)14-27(3,4)16-28/h6-13,22H,14-17H2,1-5H3. The summed E-state index contributed by atoms with van der Waals surface area (Å²) in [6, 6.07) is 14.5. The van der Waals surface area contributed by atoms with E-state index in [2.05, 4.69) is 25.7 Å². The van der Waals surface area contributed by atoms with Crippen LogP contribution in [0.15, 0.2) is 48.5 Å². The second-order valence-corrected chi connectivity index (χ2v) is 11.6. The van der Waals surface area contributed by atoms with E-state index in [0.29, 0.717) is 11.4 Å². The number of non-ortho nitro benzene ring substituents is 1. The molecule has 35 heavy (non-hydrogen) atoms. The molecule has 2 bridgehead atoms. The van der Waals surface area contributed by atoms with Crippen molar-refractivity contribution >= 4 is 11.6 Å². The Morgan fingerprint density at radius 2 is 1.77 bits per heavy atom. The Bertz CT molecular complexity index is 1320. The summed E-state index contributed by atoms with van der Waals surface area (Å²) in [4.78, 5) is 26.8. The summed E-state index contributed by atoms with van der Waals surface area (Å²) >= 11 is 0. The Morgan fingerprint density at radius 1 is 1.06 bits per heavy atom. The van der Waals surface area contributed by atoms with E-state index in [1.807, 2.05) is 38.1 Å². The normalized spacial score (nSPS) is 22.9.